The van der Waals surface area contributed by atoms with Gasteiger partial charge in [-0.2, -0.15) is 0 Å². The number of anilines is 1. The Bertz CT molecular complexity index is 760. The lowest BCUT2D eigenvalue weighted by Gasteiger charge is -2.14. The number of carbonyl (C=O) groups is 2. The molecule has 1 aromatic carbocycles. The van der Waals surface area contributed by atoms with Gasteiger partial charge in [-0.15, -0.1) is 0 Å². The first-order valence-corrected chi connectivity index (χ1v) is 7.28. The van der Waals surface area contributed by atoms with Crippen LogP contribution >= 0.6 is 11.8 Å². The number of thioether (sulfide) groups is 1. The molecule has 0 unspecified atom stereocenters. The second-order valence-electron chi connectivity index (χ2n) is 4.75. The Morgan fingerprint density at radius 3 is 2.52 bits per heavy atom. The van der Waals surface area contributed by atoms with Crippen LogP contribution in [0.1, 0.15) is 17.1 Å². The average Bonchev–Trinajstić information content (AvgIpc) is 2.96. The molecule has 2 heterocycles. The largest absolute Gasteiger partial charge is 0.462 e. The number of hydrogen-bond acceptors (Lipinski definition) is 4. The van der Waals surface area contributed by atoms with Crippen molar-refractivity contribution in [3.8, 4) is 0 Å². The number of benzene rings is 1. The van der Waals surface area contributed by atoms with Crippen LogP contribution in [-0.2, 0) is 4.79 Å². The first-order valence-electron chi connectivity index (χ1n) is 6.46. The number of para-hydroxylation sites is 1. The minimum absolute atomic E-state index is 0.288. The van der Waals surface area contributed by atoms with E-state index < -0.39 is 0 Å². The molecule has 21 heavy (non-hydrogen) atoms. The summed E-state index contributed by atoms with van der Waals surface area (Å²) < 4.78 is 5.42. The summed E-state index contributed by atoms with van der Waals surface area (Å²) in [6.45, 7) is 3.70. The normalized spacial score (nSPS) is 17.0. The Hall–Kier alpha value is -2.27. The predicted molar refractivity (Wildman–Crippen MR) is 83.1 cm³/mol. The molecule has 0 saturated carbocycles. The molecule has 0 spiro atoms. The van der Waals surface area contributed by atoms with E-state index in [4.69, 9.17) is 4.42 Å². The minimum Gasteiger partial charge on any atom is -0.462 e. The highest BCUT2D eigenvalue weighted by Crippen LogP contribution is 2.36. The number of aryl methyl sites for hydroxylation is 2. The average molecular weight is 299 g/mol. The van der Waals surface area contributed by atoms with E-state index in [1.165, 1.54) is 4.90 Å². The van der Waals surface area contributed by atoms with Gasteiger partial charge in [0.25, 0.3) is 11.1 Å². The van der Waals surface area contributed by atoms with E-state index >= 15 is 0 Å². The van der Waals surface area contributed by atoms with Gasteiger partial charge in [0.15, 0.2) is 0 Å². The molecule has 2 amide bonds. The molecule has 1 fully saturated rings. The maximum absolute atomic E-state index is 12.5. The van der Waals surface area contributed by atoms with E-state index in [-0.39, 0.29) is 11.1 Å². The summed E-state index contributed by atoms with van der Waals surface area (Å²) in [6, 6.07) is 10.9. The maximum atomic E-state index is 12.5. The van der Waals surface area contributed by atoms with Crippen molar-refractivity contribution in [2.75, 3.05) is 4.90 Å². The zero-order valence-electron chi connectivity index (χ0n) is 11.6. The van der Waals surface area contributed by atoms with Gasteiger partial charge in [0.1, 0.15) is 11.5 Å². The summed E-state index contributed by atoms with van der Waals surface area (Å²) in [6.07, 6.45) is 1.61. The molecule has 0 bridgehead atoms. The lowest BCUT2D eigenvalue weighted by atomic mass is 10.2. The highest BCUT2D eigenvalue weighted by atomic mass is 32.2. The summed E-state index contributed by atoms with van der Waals surface area (Å²) in [4.78, 5) is 26.2. The van der Waals surface area contributed by atoms with Gasteiger partial charge in [-0.1, -0.05) is 18.2 Å². The van der Waals surface area contributed by atoms with Crippen LogP contribution in [-0.4, -0.2) is 11.1 Å². The van der Waals surface area contributed by atoms with Gasteiger partial charge in [-0.05, 0) is 49.4 Å². The first kappa shape index (κ1) is 13.7. The first-order chi connectivity index (χ1) is 10.1. The van der Waals surface area contributed by atoms with E-state index in [1.54, 1.807) is 18.2 Å². The molecule has 1 aromatic heterocycles. The standard InChI is InChI=1S/C16H13NO3S/c1-10-5-3-4-6-13(10)17-15(18)14(21-16(17)19)9-12-8-7-11(2)20-12/h3-9H,1-2H3/b14-9+. The number of furan rings is 1. The van der Waals surface area contributed by atoms with Crippen molar-refractivity contribution in [1.29, 1.82) is 0 Å². The zero-order chi connectivity index (χ0) is 15.0. The molecular formula is C16H13NO3S. The van der Waals surface area contributed by atoms with Crippen molar-refractivity contribution in [2.45, 2.75) is 13.8 Å². The number of amides is 2. The fraction of sp³-hybridized carbons (Fsp3) is 0.125. The van der Waals surface area contributed by atoms with Gasteiger partial charge in [-0.3, -0.25) is 9.59 Å². The summed E-state index contributed by atoms with van der Waals surface area (Å²) >= 11 is 0.928. The quantitative estimate of drug-likeness (QED) is 0.782. The third-order valence-corrected chi connectivity index (χ3v) is 4.05. The number of hydrogen-bond donors (Lipinski definition) is 0. The van der Waals surface area contributed by atoms with Gasteiger partial charge in [0, 0.05) is 6.08 Å². The van der Waals surface area contributed by atoms with Crippen molar-refractivity contribution >= 4 is 34.7 Å². The lowest BCUT2D eigenvalue weighted by Crippen LogP contribution is -2.28. The third-order valence-electron chi connectivity index (χ3n) is 3.18. The Labute approximate surface area is 126 Å². The van der Waals surface area contributed by atoms with Crippen molar-refractivity contribution in [2.24, 2.45) is 0 Å². The predicted octanol–water partition coefficient (Wildman–Crippen LogP) is 4.14. The van der Waals surface area contributed by atoms with Crippen molar-refractivity contribution in [3.05, 3.63) is 58.4 Å². The second kappa shape index (κ2) is 5.26. The number of rotatable bonds is 2. The summed E-state index contributed by atoms with van der Waals surface area (Å²) in [5, 5.41) is -0.288. The van der Waals surface area contributed by atoms with Crippen LogP contribution in [0.25, 0.3) is 6.08 Å². The molecule has 2 aromatic rings. The van der Waals surface area contributed by atoms with Crippen molar-refractivity contribution in [1.82, 2.24) is 0 Å². The molecule has 5 heteroatoms. The van der Waals surface area contributed by atoms with Gasteiger partial charge in [0.2, 0.25) is 0 Å². The fourth-order valence-corrected chi connectivity index (χ4v) is 2.96. The SMILES string of the molecule is Cc1ccc(/C=C2/SC(=O)N(c3ccccc3C)C2=O)o1. The van der Waals surface area contributed by atoms with Crippen molar-refractivity contribution < 1.29 is 14.0 Å². The number of carbonyl (C=O) groups excluding carboxylic acids is 2. The fourth-order valence-electron chi connectivity index (χ4n) is 2.15. The highest BCUT2D eigenvalue weighted by molar-refractivity contribution is 8.19. The molecule has 0 radical (unpaired) electrons. The van der Waals surface area contributed by atoms with Crippen LogP contribution < -0.4 is 4.90 Å². The van der Waals surface area contributed by atoms with E-state index in [0.29, 0.717) is 16.4 Å². The van der Waals surface area contributed by atoms with Crippen LogP contribution in [0.4, 0.5) is 10.5 Å². The summed E-state index contributed by atoms with van der Waals surface area (Å²) in [5.41, 5.74) is 1.51. The van der Waals surface area contributed by atoms with E-state index in [0.717, 1.165) is 23.1 Å². The minimum atomic E-state index is -0.312. The van der Waals surface area contributed by atoms with Crippen LogP contribution in [0.2, 0.25) is 0 Å². The Morgan fingerprint density at radius 1 is 1.10 bits per heavy atom. The maximum Gasteiger partial charge on any atom is 0.298 e. The highest BCUT2D eigenvalue weighted by Gasteiger charge is 2.37. The van der Waals surface area contributed by atoms with Crippen LogP contribution in [0.5, 0.6) is 0 Å². The summed E-state index contributed by atoms with van der Waals surface area (Å²) in [7, 11) is 0. The molecular weight excluding hydrogens is 286 g/mol. The van der Waals surface area contributed by atoms with Gasteiger partial charge < -0.3 is 4.42 Å². The number of imide groups is 1. The van der Waals surface area contributed by atoms with E-state index in [9.17, 15) is 9.59 Å². The van der Waals surface area contributed by atoms with Gasteiger partial charge in [-0.25, -0.2) is 4.90 Å². The monoisotopic (exact) mass is 299 g/mol. The van der Waals surface area contributed by atoms with Gasteiger partial charge in [0.05, 0.1) is 10.6 Å². The Balaban J connectivity index is 1.96. The Kier molecular flexibility index (Phi) is 3.43. The topological polar surface area (TPSA) is 50.5 Å². The molecule has 0 aliphatic carbocycles. The van der Waals surface area contributed by atoms with Crippen LogP contribution in [0.15, 0.2) is 45.7 Å². The molecule has 1 aliphatic rings. The smallest absolute Gasteiger partial charge is 0.298 e. The molecule has 0 N–H and O–H groups in total. The number of nitrogens with zero attached hydrogens (tertiary/aromatic N) is 1. The van der Waals surface area contributed by atoms with Gasteiger partial charge >= 0.3 is 0 Å². The summed E-state index contributed by atoms with van der Waals surface area (Å²) in [5.74, 6) is 1.02. The lowest BCUT2D eigenvalue weighted by molar-refractivity contribution is -0.113. The molecule has 3 rings (SSSR count). The molecule has 0 atom stereocenters. The molecule has 1 saturated heterocycles. The van der Waals surface area contributed by atoms with Crippen molar-refractivity contribution in [3.63, 3.8) is 0 Å². The van der Waals surface area contributed by atoms with E-state index in [2.05, 4.69) is 0 Å². The van der Waals surface area contributed by atoms with Crippen LogP contribution in [0.3, 0.4) is 0 Å². The Morgan fingerprint density at radius 2 is 1.86 bits per heavy atom. The third kappa shape index (κ3) is 2.52. The second-order valence-corrected chi connectivity index (χ2v) is 5.75. The van der Waals surface area contributed by atoms with E-state index in [1.807, 2.05) is 38.1 Å². The zero-order valence-corrected chi connectivity index (χ0v) is 12.4. The molecule has 106 valence electrons. The molecule has 1 aliphatic heterocycles. The molecule has 4 nitrogen and oxygen atoms in total. The van der Waals surface area contributed by atoms with Crippen LogP contribution in [0, 0.1) is 13.8 Å².